The zero-order valence-corrected chi connectivity index (χ0v) is 33.3. The van der Waals surface area contributed by atoms with Crippen LogP contribution >= 0.6 is 45.3 Å². The third kappa shape index (κ3) is 7.56. The molecule has 2 amide bonds. The number of hydrogen-bond donors (Lipinski definition) is 0. The molecule has 268 valence electrons. The number of Topliss-reactive ketones (excluding diaryl/α,β-unsaturated/α-hetero) is 1. The van der Waals surface area contributed by atoms with Crippen molar-refractivity contribution in [2.45, 2.75) is 86.0 Å². The molecular weight excluding hydrogens is 713 g/mol. The standard InChI is InChI=1S/C41H46N2O4S4/c1-6-10-12-26(8-3)22-42-38(34-20-18-31(50-34)30-15-14-28(24-44)48-30)36-37(41(42)47)39(43(40(36)46)23-27(9-4)13-11-7-2)35-21-19-33(51-35)32-17-16-29(49-32)25(5)45/h14-21,24,26-27H,6-13,22-23H2,1-5H3. The molecule has 0 saturated carbocycles. The van der Waals surface area contributed by atoms with E-state index in [-0.39, 0.29) is 17.6 Å². The molecule has 0 radical (unpaired) electrons. The summed E-state index contributed by atoms with van der Waals surface area (Å²) >= 11 is 6.08. The van der Waals surface area contributed by atoms with Gasteiger partial charge in [-0.25, -0.2) is 0 Å². The Morgan fingerprint density at radius 1 is 0.627 bits per heavy atom. The zero-order valence-electron chi connectivity index (χ0n) is 30.1. The van der Waals surface area contributed by atoms with Gasteiger partial charge in [0.2, 0.25) is 0 Å². The number of amides is 2. The van der Waals surface area contributed by atoms with Crippen molar-refractivity contribution in [1.29, 1.82) is 0 Å². The Morgan fingerprint density at radius 3 is 1.47 bits per heavy atom. The molecular formula is C41H46N2O4S4. The van der Waals surface area contributed by atoms with Gasteiger partial charge in [-0.3, -0.25) is 19.2 Å². The summed E-state index contributed by atoms with van der Waals surface area (Å²) in [5.74, 6) is 0.475. The lowest BCUT2D eigenvalue weighted by Crippen LogP contribution is -2.34. The second-order valence-corrected chi connectivity index (χ2v) is 17.8. The molecule has 0 bridgehead atoms. The van der Waals surface area contributed by atoms with Crippen molar-refractivity contribution in [2.24, 2.45) is 11.8 Å². The molecule has 6 rings (SSSR count). The predicted molar refractivity (Wildman–Crippen MR) is 215 cm³/mol. The zero-order chi connectivity index (χ0) is 36.2. The Morgan fingerprint density at radius 2 is 1.06 bits per heavy atom. The summed E-state index contributed by atoms with van der Waals surface area (Å²) in [7, 11) is 0. The first-order valence-corrected chi connectivity index (χ1v) is 21.5. The smallest absolute Gasteiger partial charge is 0.261 e. The number of carbonyl (C=O) groups is 4. The van der Waals surface area contributed by atoms with E-state index in [1.165, 1.54) is 22.7 Å². The average Bonchev–Trinajstić information content (AvgIpc) is 3.98. The summed E-state index contributed by atoms with van der Waals surface area (Å²) in [6.45, 7) is 11.5. The lowest BCUT2D eigenvalue weighted by atomic mass is 9.98. The molecule has 4 aromatic heterocycles. The van der Waals surface area contributed by atoms with E-state index in [0.717, 1.165) is 98.3 Å². The number of rotatable bonds is 18. The Kier molecular flexibility index (Phi) is 12.1. The first-order chi connectivity index (χ1) is 24.7. The summed E-state index contributed by atoms with van der Waals surface area (Å²) in [6.07, 6.45) is 9.19. The van der Waals surface area contributed by atoms with Crippen molar-refractivity contribution in [2.75, 3.05) is 13.1 Å². The minimum atomic E-state index is -0.0957. The predicted octanol–water partition coefficient (Wildman–Crippen LogP) is 11.5. The summed E-state index contributed by atoms with van der Waals surface area (Å²) in [6, 6.07) is 15.8. The minimum absolute atomic E-state index is 0.0430. The number of thiophene rings is 4. The van der Waals surface area contributed by atoms with Crippen LogP contribution in [-0.4, -0.2) is 46.8 Å². The number of hydrogen-bond acceptors (Lipinski definition) is 8. The fraction of sp³-hybridized carbons (Fsp3) is 0.415. The Balaban J connectivity index is 1.51. The van der Waals surface area contributed by atoms with Gasteiger partial charge in [0.25, 0.3) is 11.8 Å². The summed E-state index contributed by atoms with van der Waals surface area (Å²) in [5.41, 5.74) is 2.48. The second-order valence-electron chi connectivity index (χ2n) is 13.5. The topological polar surface area (TPSA) is 74.8 Å². The Bertz CT molecular complexity index is 1990. The normalized spacial score (nSPS) is 15.8. The highest BCUT2D eigenvalue weighted by molar-refractivity contribution is 7.24. The van der Waals surface area contributed by atoms with Crippen LogP contribution in [0.1, 0.15) is 115 Å². The molecule has 0 N–H and O–H groups in total. The van der Waals surface area contributed by atoms with Gasteiger partial charge in [-0.1, -0.05) is 66.2 Å². The number of unbranched alkanes of at least 4 members (excludes halogenated alkanes) is 2. The molecule has 2 aliphatic heterocycles. The number of aldehydes is 1. The number of nitrogens with zero attached hydrogens (tertiary/aromatic N) is 2. The van der Waals surface area contributed by atoms with E-state index in [0.29, 0.717) is 45.8 Å². The van der Waals surface area contributed by atoms with Gasteiger partial charge in [-0.2, -0.15) is 0 Å². The van der Waals surface area contributed by atoms with E-state index >= 15 is 0 Å². The van der Waals surface area contributed by atoms with Gasteiger partial charge in [0.15, 0.2) is 12.1 Å². The van der Waals surface area contributed by atoms with Gasteiger partial charge in [-0.15, -0.1) is 45.3 Å². The molecule has 0 saturated heterocycles. The maximum Gasteiger partial charge on any atom is 0.261 e. The average molecular weight is 759 g/mol. The molecule has 0 spiro atoms. The highest BCUT2D eigenvalue weighted by atomic mass is 32.1. The quantitative estimate of drug-likeness (QED) is 0.0748. The van der Waals surface area contributed by atoms with Crippen LogP contribution in [0.15, 0.2) is 59.7 Å². The van der Waals surface area contributed by atoms with Gasteiger partial charge in [-0.05, 0) is 80.1 Å². The molecule has 2 aliphatic rings. The van der Waals surface area contributed by atoms with Crippen molar-refractivity contribution in [3.63, 3.8) is 0 Å². The first kappa shape index (κ1) is 37.3. The molecule has 6 heterocycles. The van der Waals surface area contributed by atoms with E-state index in [9.17, 15) is 19.2 Å². The third-order valence-electron chi connectivity index (χ3n) is 10.0. The SMILES string of the molecule is CCCCC(CC)CN1C(=O)C2=C(c3ccc(-c4ccc(C(C)=O)s4)s3)N(CC(CC)CCCC)C(=O)C2=C1c1ccc(-c2ccc(C=O)s2)s1. The molecule has 6 nitrogen and oxygen atoms in total. The van der Waals surface area contributed by atoms with Crippen LogP contribution in [-0.2, 0) is 9.59 Å². The van der Waals surface area contributed by atoms with E-state index in [1.807, 2.05) is 52.3 Å². The highest BCUT2D eigenvalue weighted by Crippen LogP contribution is 2.51. The monoisotopic (exact) mass is 758 g/mol. The fourth-order valence-corrected chi connectivity index (χ4v) is 11.0. The number of ketones is 1. The molecule has 10 heteroatoms. The highest BCUT2D eigenvalue weighted by Gasteiger charge is 2.50. The summed E-state index contributed by atoms with van der Waals surface area (Å²) in [5, 5.41) is 0. The third-order valence-corrected chi connectivity index (χ3v) is 14.8. The number of fused-ring (bicyclic) bond motifs is 1. The minimum Gasteiger partial charge on any atom is -0.306 e. The van der Waals surface area contributed by atoms with E-state index in [2.05, 4.69) is 33.8 Å². The summed E-state index contributed by atoms with van der Waals surface area (Å²) < 4.78 is 0. The molecule has 2 atom stereocenters. The van der Waals surface area contributed by atoms with Crippen molar-refractivity contribution in [3.05, 3.63) is 79.2 Å². The van der Waals surface area contributed by atoms with Crippen molar-refractivity contribution < 1.29 is 19.2 Å². The van der Waals surface area contributed by atoms with Crippen LogP contribution in [0, 0.1) is 11.8 Å². The van der Waals surface area contributed by atoms with E-state index < -0.39 is 0 Å². The Labute approximate surface area is 317 Å². The first-order valence-electron chi connectivity index (χ1n) is 18.2. The van der Waals surface area contributed by atoms with E-state index in [4.69, 9.17) is 0 Å². The van der Waals surface area contributed by atoms with E-state index in [1.54, 1.807) is 29.6 Å². The van der Waals surface area contributed by atoms with Crippen LogP contribution in [0.5, 0.6) is 0 Å². The lowest BCUT2D eigenvalue weighted by molar-refractivity contribution is -0.124. The molecule has 4 aromatic rings. The van der Waals surface area contributed by atoms with Crippen LogP contribution in [0.3, 0.4) is 0 Å². The maximum atomic E-state index is 15.0. The van der Waals surface area contributed by atoms with Crippen molar-refractivity contribution in [1.82, 2.24) is 9.80 Å². The second kappa shape index (κ2) is 16.5. The molecule has 0 fully saturated rings. The van der Waals surface area contributed by atoms with Crippen LogP contribution in [0.4, 0.5) is 0 Å². The van der Waals surface area contributed by atoms with Crippen LogP contribution < -0.4 is 0 Å². The van der Waals surface area contributed by atoms with Gasteiger partial charge >= 0.3 is 0 Å². The van der Waals surface area contributed by atoms with Crippen LogP contribution in [0.25, 0.3) is 30.9 Å². The van der Waals surface area contributed by atoms with Gasteiger partial charge in [0, 0.05) is 32.6 Å². The largest absolute Gasteiger partial charge is 0.306 e. The summed E-state index contributed by atoms with van der Waals surface area (Å²) in [4.78, 5) is 64.5. The lowest BCUT2D eigenvalue weighted by Gasteiger charge is -2.29. The molecule has 2 unspecified atom stereocenters. The Hall–Kier alpha value is -3.44. The van der Waals surface area contributed by atoms with Crippen molar-refractivity contribution >= 4 is 80.6 Å². The van der Waals surface area contributed by atoms with Gasteiger partial charge < -0.3 is 9.80 Å². The van der Waals surface area contributed by atoms with Gasteiger partial charge in [0.05, 0.1) is 42.0 Å². The number of carbonyl (C=O) groups excluding carboxylic acids is 4. The molecule has 51 heavy (non-hydrogen) atoms. The van der Waals surface area contributed by atoms with Crippen LogP contribution in [0.2, 0.25) is 0 Å². The maximum absolute atomic E-state index is 15.0. The molecule has 0 aliphatic carbocycles. The fourth-order valence-electron chi connectivity index (χ4n) is 7.01. The van der Waals surface area contributed by atoms with Gasteiger partial charge in [0.1, 0.15) is 0 Å². The van der Waals surface area contributed by atoms with Crippen molar-refractivity contribution in [3.8, 4) is 19.5 Å². The molecule has 0 aromatic carbocycles.